The Morgan fingerprint density at radius 1 is 1.33 bits per heavy atom. The van der Waals surface area contributed by atoms with Crippen LogP contribution in [-0.4, -0.2) is 53.2 Å². The molecule has 1 saturated heterocycles. The van der Waals surface area contributed by atoms with Crippen molar-refractivity contribution < 1.29 is 37.3 Å². The summed E-state index contributed by atoms with van der Waals surface area (Å²) in [6.07, 6.45) is -5.31. The van der Waals surface area contributed by atoms with Crippen LogP contribution in [0.5, 0.6) is 0 Å². The number of carbonyl (C=O) groups is 1. The van der Waals surface area contributed by atoms with Gasteiger partial charge in [0.15, 0.2) is 12.1 Å². The molecule has 3 aliphatic rings. The molecule has 1 spiro atoms. The Hall–Kier alpha value is -0.610. The average molecular weight is 410 g/mol. The molecule has 5 nitrogen and oxygen atoms in total. The number of thioether (sulfide) groups is 1. The Morgan fingerprint density at radius 2 is 1.96 bits per heavy atom. The van der Waals surface area contributed by atoms with E-state index in [-0.39, 0.29) is 16.1 Å². The molecule has 27 heavy (non-hydrogen) atoms. The first-order chi connectivity index (χ1) is 12.4. The lowest BCUT2D eigenvalue weighted by Gasteiger charge is -2.39. The van der Waals surface area contributed by atoms with Gasteiger partial charge >= 0.3 is 6.18 Å². The maximum Gasteiger partial charge on any atom is 0.450 e. The maximum atomic E-state index is 12.8. The van der Waals surface area contributed by atoms with Crippen LogP contribution < -0.4 is 0 Å². The van der Waals surface area contributed by atoms with Gasteiger partial charge in [0.1, 0.15) is 0 Å². The predicted molar refractivity (Wildman–Crippen MR) is 92.9 cm³/mol. The number of Topliss-reactive ketones (excluding diaryl/α,β-unsaturated/α-hetero) is 1. The second-order valence-electron chi connectivity index (χ2n) is 8.17. The number of hydrogen-bond donors (Lipinski definition) is 1. The lowest BCUT2D eigenvalue weighted by molar-refractivity contribution is -0.183. The van der Waals surface area contributed by atoms with Gasteiger partial charge in [0.25, 0.3) is 0 Å². The van der Waals surface area contributed by atoms with Crippen LogP contribution in [0.2, 0.25) is 0 Å². The standard InChI is InChI=1S/C18H25F3O5S/c1-16(2,3)26-15(23)14-10-4-5-17(24-6-7-25-17)9-12(10)27-11(14)8-13(22)18(19,20)21/h10,12,15,23H,4-9H2,1-3H3. The number of ether oxygens (including phenoxy) is 3. The normalized spacial score (nSPS) is 29.3. The van der Waals surface area contributed by atoms with Crippen molar-refractivity contribution >= 4 is 17.5 Å². The quantitative estimate of drug-likeness (QED) is 0.715. The van der Waals surface area contributed by atoms with Gasteiger partial charge in [-0.25, -0.2) is 0 Å². The number of aliphatic hydroxyl groups excluding tert-OH is 1. The Labute approximate surface area is 160 Å². The van der Waals surface area contributed by atoms with Gasteiger partial charge in [-0.1, -0.05) is 0 Å². The molecule has 0 aromatic carbocycles. The van der Waals surface area contributed by atoms with Gasteiger partial charge in [0.2, 0.25) is 5.78 Å². The third-order valence-corrected chi connectivity index (χ3v) is 6.46. The summed E-state index contributed by atoms with van der Waals surface area (Å²) in [6.45, 7) is 6.27. The van der Waals surface area contributed by atoms with Crippen LogP contribution in [0, 0.1) is 5.92 Å². The van der Waals surface area contributed by atoms with Crippen LogP contribution in [-0.2, 0) is 19.0 Å². The smallest absolute Gasteiger partial charge is 0.364 e. The molecule has 9 heteroatoms. The molecule has 0 aromatic rings. The minimum Gasteiger partial charge on any atom is -0.364 e. The van der Waals surface area contributed by atoms with E-state index in [1.807, 2.05) is 0 Å². The van der Waals surface area contributed by atoms with E-state index < -0.39 is 36.1 Å². The van der Waals surface area contributed by atoms with Crippen molar-refractivity contribution in [2.24, 2.45) is 5.92 Å². The minimum atomic E-state index is -4.90. The van der Waals surface area contributed by atoms with Crippen molar-refractivity contribution in [2.45, 2.75) is 75.6 Å². The third-order valence-electron chi connectivity index (χ3n) is 4.99. The zero-order valence-electron chi connectivity index (χ0n) is 15.6. The van der Waals surface area contributed by atoms with Crippen molar-refractivity contribution in [3.8, 4) is 0 Å². The molecule has 3 atom stereocenters. The summed E-state index contributed by atoms with van der Waals surface area (Å²) >= 11 is 1.22. The molecule has 0 bridgehead atoms. The first-order valence-corrected chi connectivity index (χ1v) is 9.92. The topological polar surface area (TPSA) is 65.0 Å². The highest BCUT2D eigenvalue weighted by Gasteiger charge is 2.52. The van der Waals surface area contributed by atoms with Crippen molar-refractivity contribution in [3.63, 3.8) is 0 Å². The summed E-state index contributed by atoms with van der Waals surface area (Å²) < 4.78 is 55.5. The molecule has 2 aliphatic heterocycles. The number of aliphatic hydroxyl groups is 1. The fourth-order valence-electron chi connectivity index (χ4n) is 3.92. The number of allylic oxidation sites excluding steroid dienone is 1. The number of fused-ring (bicyclic) bond motifs is 1. The molecule has 0 amide bonds. The minimum absolute atomic E-state index is 0.110. The fourth-order valence-corrected chi connectivity index (χ4v) is 5.67. The Bertz CT molecular complexity index is 619. The van der Waals surface area contributed by atoms with Crippen LogP contribution in [0.15, 0.2) is 10.5 Å². The molecule has 0 radical (unpaired) electrons. The van der Waals surface area contributed by atoms with E-state index in [0.717, 1.165) is 0 Å². The first kappa shape index (κ1) is 21.1. The highest BCUT2D eigenvalue weighted by molar-refractivity contribution is 8.04. The molecule has 3 rings (SSSR count). The first-order valence-electron chi connectivity index (χ1n) is 9.04. The van der Waals surface area contributed by atoms with Crippen molar-refractivity contribution in [1.29, 1.82) is 0 Å². The van der Waals surface area contributed by atoms with Crippen molar-refractivity contribution in [1.82, 2.24) is 0 Å². The molecule has 1 N–H and O–H groups in total. The molecule has 0 aromatic heterocycles. The zero-order valence-corrected chi connectivity index (χ0v) is 16.4. The highest BCUT2D eigenvalue weighted by Crippen LogP contribution is 2.55. The van der Waals surface area contributed by atoms with Crippen LogP contribution in [0.3, 0.4) is 0 Å². The summed E-state index contributed by atoms with van der Waals surface area (Å²) in [6, 6.07) is 0. The molecule has 1 saturated carbocycles. The van der Waals surface area contributed by atoms with Gasteiger partial charge in [-0.3, -0.25) is 4.79 Å². The maximum absolute atomic E-state index is 12.8. The van der Waals surface area contributed by atoms with Gasteiger partial charge in [-0.2, -0.15) is 13.2 Å². The van der Waals surface area contributed by atoms with Gasteiger partial charge in [0, 0.05) is 24.5 Å². The van der Waals surface area contributed by atoms with Crippen molar-refractivity contribution in [3.05, 3.63) is 10.5 Å². The number of rotatable bonds is 4. The molecular formula is C18H25F3O5S. The second-order valence-corrected chi connectivity index (χ2v) is 9.51. The zero-order chi connectivity index (χ0) is 20.0. The van der Waals surface area contributed by atoms with Crippen LogP contribution in [0.4, 0.5) is 13.2 Å². The van der Waals surface area contributed by atoms with Crippen LogP contribution in [0.25, 0.3) is 0 Å². The summed E-state index contributed by atoms with van der Waals surface area (Å²) in [5, 5.41) is 10.5. The third kappa shape index (κ3) is 4.70. The Balaban J connectivity index is 1.84. The Kier molecular flexibility index (Phi) is 5.73. The second kappa shape index (κ2) is 7.33. The molecule has 2 fully saturated rings. The summed E-state index contributed by atoms with van der Waals surface area (Å²) in [4.78, 5) is 11.8. The van der Waals surface area contributed by atoms with Gasteiger partial charge < -0.3 is 19.3 Å². The average Bonchev–Trinajstić information content (AvgIpc) is 3.09. The fraction of sp³-hybridized carbons (Fsp3) is 0.833. The van der Waals surface area contributed by atoms with Gasteiger partial charge in [-0.15, -0.1) is 11.8 Å². The lowest BCUT2D eigenvalue weighted by Crippen LogP contribution is -2.42. The summed E-state index contributed by atoms with van der Waals surface area (Å²) in [5.74, 6) is -2.67. The molecule has 3 unspecified atom stereocenters. The summed E-state index contributed by atoms with van der Waals surface area (Å²) in [5.41, 5.74) is -0.271. The van der Waals surface area contributed by atoms with Gasteiger partial charge in [0.05, 0.1) is 18.8 Å². The molecule has 1 aliphatic carbocycles. The number of ketones is 1. The number of halogens is 3. The van der Waals surface area contributed by atoms with E-state index in [2.05, 4.69) is 0 Å². The summed E-state index contributed by atoms with van der Waals surface area (Å²) in [7, 11) is 0. The van der Waals surface area contributed by atoms with E-state index in [1.54, 1.807) is 20.8 Å². The lowest BCUT2D eigenvalue weighted by atomic mass is 9.79. The van der Waals surface area contributed by atoms with Crippen molar-refractivity contribution in [2.75, 3.05) is 13.2 Å². The van der Waals surface area contributed by atoms with Crippen LogP contribution >= 0.6 is 11.8 Å². The van der Waals surface area contributed by atoms with Crippen LogP contribution in [0.1, 0.15) is 46.5 Å². The van der Waals surface area contributed by atoms with E-state index in [1.165, 1.54) is 11.8 Å². The molecule has 2 heterocycles. The number of carbonyl (C=O) groups excluding carboxylic acids is 1. The van der Waals surface area contributed by atoms with Gasteiger partial charge in [-0.05, 0) is 43.6 Å². The van der Waals surface area contributed by atoms with E-state index in [4.69, 9.17) is 14.2 Å². The number of hydrogen-bond acceptors (Lipinski definition) is 6. The van der Waals surface area contributed by atoms with E-state index in [0.29, 0.717) is 38.0 Å². The monoisotopic (exact) mass is 410 g/mol. The molecular weight excluding hydrogens is 385 g/mol. The highest BCUT2D eigenvalue weighted by atomic mass is 32.2. The number of alkyl halides is 3. The largest absolute Gasteiger partial charge is 0.450 e. The van der Waals surface area contributed by atoms with E-state index >= 15 is 0 Å². The SMILES string of the molecule is CC(C)(C)OC(O)C1=C(CC(=O)C(F)(F)F)SC2CC3(CCC12)OCCO3. The molecule has 154 valence electrons. The Morgan fingerprint density at radius 3 is 2.52 bits per heavy atom. The predicted octanol–water partition coefficient (Wildman–Crippen LogP) is 3.55. The van der Waals surface area contributed by atoms with E-state index in [9.17, 15) is 23.1 Å².